The smallest absolute Gasteiger partial charge is 0.262 e. The minimum absolute atomic E-state index is 0.0214. The van der Waals surface area contributed by atoms with Crippen molar-refractivity contribution in [2.24, 2.45) is 0 Å². The molecule has 0 fully saturated rings. The van der Waals surface area contributed by atoms with Gasteiger partial charge in [0.1, 0.15) is 6.29 Å². The summed E-state index contributed by atoms with van der Waals surface area (Å²) < 4.78 is 1.10. The fourth-order valence-electron chi connectivity index (χ4n) is 1.40. The van der Waals surface area contributed by atoms with Crippen LogP contribution in [0.4, 0.5) is 0 Å². The first-order valence-electron chi connectivity index (χ1n) is 4.42. The summed E-state index contributed by atoms with van der Waals surface area (Å²) in [6.45, 7) is -0.108. The van der Waals surface area contributed by atoms with Crippen LogP contribution >= 0.6 is 23.2 Å². The molecule has 1 aromatic carbocycles. The third-order valence-electron chi connectivity index (χ3n) is 2.13. The van der Waals surface area contributed by atoms with E-state index >= 15 is 0 Å². The van der Waals surface area contributed by atoms with Crippen molar-refractivity contribution in [3.05, 3.63) is 38.9 Å². The Kier molecular flexibility index (Phi) is 2.94. The molecule has 0 N–H and O–H groups in total. The maximum Gasteiger partial charge on any atom is 0.262 e. The quantitative estimate of drug-likeness (QED) is 0.609. The molecule has 0 bridgehead atoms. The van der Waals surface area contributed by atoms with Gasteiger partial charge in [0, 0.05) is 5.02 Å². The minimum Gasteiger partial charge on any atom is -0.301 e. The number of rotatable bonds is 2. The van der Waals surface area contributed by atoms with E-state index in [4.69, 9.17) is 23.2 Å². The maximum atomic E-state index is 11.9. The van der Waals surface area contributed by atoms with E-state index in [0.29, 0.717) is 22.2 Å². The number of aldehydes is 1. The fraction of sp³-hybridized carbons (Fsp3) is 0.100. The molecule has 0 radical (unpaired) electrons. The van der Waals surface area contributed by atoms with Crippen LogP contribution in [0.3, 0.4) is 0 Å². The van der Waals surface area contributed by atoms with Crippen molar-refractivity contribution >= 4 is 40.4 Å². The lowest BCUT2D eigenvalue weighted by atomic mass is 10.2. The molecule has 0 aliphatic carbocycles. The largest absolute Gasteiger partial charge is 0.301 e. The molecule has 16 heavy (non-hydrogen) atoms. The van der Waals surface area contributed by atoms with Crippen LogP contribution in [0.2, 0.25) is 10.3 Å². The number of aromatic nitrogens is 2. The summed E-state index contributed by atoms with van der Waals surface area (Å²) in [5.74, 6) is 0. The molecular formula is C10H6Cl2N2O2. The summed E-state index contributed by atoms with van der Waals surface area (Å²) in [6.07, 6.45) is 0.594. The summed E-state index contributed by atoms with van der Waals surface area (Å²) in [5.41, 5.74) is 0.0726. The average Bonchev–Trinajstić information content (AvgIpc) is 2.23. The van der Waals surface area contributed by atoms with Gasteiger partial charge in [0.05, 0.1) is 17.4 Å². The lowest BCUT2D eigenvalue weighted by Gasteiger charge is -2.05. The Bertz CT molecular complexity index is 622. The van der Waals surface area contributed by atoms with Gasteiger partial charge in [-0.1, -0.05) is 11.6 Å². The van der Waals surface area contributed by atoms with Gasteiger partial charge in [-0.15, -0.1) is 0 Å². The molecule has 0 aliphatic heterocycles. The Balaban J connectivity index is 2.83. The number of nitrogens with zero attached hydrogens (tertiary/aromatic N) is 2. The van der Waals surface area contributed by atoms with Crippen LogP contribution in [0.1, 0.15) is 0 Å². The van der Waals surface area contributed by atoms with Crippen LogP contribution in [0.5, 0.6) is 0 Å². The molecule has 4 nitrogen and oxygen atoms in total. The second-order valence-electron chi connectivity index (χ2n) is 3.12. The number of hydrogen-bond acceptors (Lipinski definition) is 3. The lowest BCUT2D eigenvalue weighted by Crippen LogP contribution is -2.22. The first kappa shape index (κ1) is 11.1. The van der Waals surface area contributed by atoms with Gasteiger partial charge in [-0.2, -0.15) is 0 Å². The normalized spacial score (nSPS) is 10.6. The molecule has 0 aliphatic rings. The van der Waals surface area contributed by atoms with Crippen molar-refractivity contribution in [1.82, 2.24) is 9.55 Å². The molecule has 0 saturated carbocycles. The summed E-state index contributed by atoms with van der Waals surface area (Å²) in [7, 11) is 0. The standard InChI is InChI=1S/C10H6Cl2N2O2/c11-6-1-2-7-8(5-6)13-10(12)14(3-4-15)9(7)16/h1-2,4-5H,3H2. The van der Waals surface area contributed by atoms with E-state index in [2.05, 4.69) is 4.98 Å². The number of hydrogen-bond donors (Lipinski definition) is 0. The van der Waals surface area contributed by atoms with Crippen LogP contribution in [-0.4, -0.2) is 15.8 Å². The Morgan fingerprint density at radius 1 is 1.38 bits per heavy atom. The number of benzene rings is 1. The highest BCUT2D eigenvalue weighted by atomic mass is 35.5. The van der Waals surface area contributed by atoms with Crippen molar-refractivity contribution in [2.45, 2.75) is 6.54 Å². The number of carbonyl (C=O) groups is 1. The Morgan fingerprint density at radius 2 is 2.12 bits per heavy atom. The topological polar surface area (TPSA) is 52.0 Å². The van der Waals surface area contributed by atoms with E-state index in [1.54, 1.807) is 18.2 Å². The van der Waals surface area contributed by atoms with Crippen molar-refractivity contribution in [2.75, 3.05) is 0 Å². The highest BCUT2D eigenvalue weighted by Crippen LogP contribution is 2.16. The third-order valence-corrected chi connectivity index (χ3v) is 2.65. The van der Waals surface area contributed by atoms with Crippen molar-refractivity contribution in [1.29, 1.82) is 0 Å². The SMILES string of the molecule is O=CCn1c(Cl)nc2cc(Cl)ccc2c1=O. The zero-order chi connectivity index (χ0) is 11.7. The minimum atomic E-state index is -0.348. The van der Waals surface area contributed by atoms with Gasteiger partial charge in [0.15, 0.2) is 0 Å². The van der Waals surface area contributed by atoms with Crippen molar-refractivity contribution in [3.8, 4) is 0 Å². The summed E-state index contributed by atoms with van der Waals surface area (Å²) in [6, 6.07) is 4.70. The lowest BCUT2D eigenvalue weighted by molar-refractivity contribution is -0.108. The van der Waals surface area contributed by atoms with Gasteiger partial charge in [0.25, 0.3) is 5.56 Å². The van der Waals surface area contributed by atoms with E-state index in [1.807, 2.05) is 0 Å². The molecule has 82 valence electrons. The summed E-state index contributed by atoms with van der Waals surface area (Å²) in [4.78, 5) is 26.3. The predicted molar refractivity (Wildman–Crippen MR) is 62.1 cm³/mol. The molecule has 0 spiro atoms. The van der Waals surface area contributed by atoms with Crippen LogP contribution < -0.4 is 5.56 Å². The number of carbonyl (C=O) groups excluding carboxylic acids is 1. The van der Waals surface area contributed by atoms with E-state index in [1.165, 1.54) is 0 Å². The predicted octanol–water partition coefficient (Wildman–Crippen LogP) is 1.90. The van der Waals surface area contributed by atoms with Gasteiger partial charge in [-0.3, -0.25) is 9.36 Å². The van der Waals surface area contributed by atoms with Crippen LogP contribution in [-0.2, 0) is 11.3 Å². The molecule has 0 unspecified atom stereocenters. The molecular weight excluding hydrogens is 251 g/mol. The van der Waals surface area contributed by atoms with Crippen LogP contribution in [0.25, 0.3) is 10.9 Å². The van der Waals surface area contributed by atoms with Crippen molar-refractivity contribution in [3.63, 3.8) is 0 Å². The molecule has 1 heterocycles. The number of halogens is 2. The van der Waals surface area contributed by atoms with E-state index in [-0.39, 0.29) is 17.4 Å². The zero-order valence-corrected chi connectivity index (χ0v) is 9.50. The van der Waals surface area contributed by atoms with Gasteiger partial charge < -0.3 is 4.79 Å². The second kappa shape index (κ2) is 4.23. The summed E-state index contributed by atoms with van der Waals surface area (Å²) in [5, 5.41) is 0.839. The molecule has 0 amide bonds. The van der Waals surface area contributed by atoms with Gasteiger partial charge in [0.2, 0.25) is 5.28 Å². The Hall–Kier alpha value is -1.39. The highest BCUT2D eigenvalue weighted by molar-refractivity contribution is 6.31. The van der Waals surface area contributed by atoms with Gasteiger partial charge in [-0.05, 0) is 29.8 Å². The zero-order valence-electron chi connectivity index (χ0n) is 7.98. The van der Waals surface area contributed by atoms with Gasteiger partial charge >= 0.3 is 0 Å². The maximum absolute atomic E-state index is 11.9. The van der Waals surface area contributed by atoms with Crippen LogP contribution in [0, 0.1) is 0 Å². The Morgan fingerprint density at radius 3 is 2.81 bits per heavy atom. The number of fused-ring (bicyclic) bond motifs is 1. The van der Waals surface area contributed by atoms with E-state index in [0.717, 1.165) is 4.57 Å². The molecule has 2 rings (SSSR count). The average molecular weight is 257 g/mol. The first-order valence-corrected chi connectivity index (χ1v) is 5.18. The summed E-state index contributed by atoms with van der Waals surface area (Å²) >= 11 is 11.6. The molecule has 0 saturated heterocycles. The van der Waals surface area contributed by atoms with E-state index < -0.39 is 0 Å². The molecule has 2 aromatic rings. The second-order valence-corrected chi connectivity index (χ2v) is 3.90. The first-order chi connectivity index (χ1) is 7.63. The fourth-order valence-corrected chi connectivity index (χ4v) is 1.80. The highest BCUT2D eigenvalue weighted by Gasteiger charge is 2.08. The van der Waals surface area contributed by atoms with Gasteiger partial charge in [-0.25, -0.2) is 4.98 Å². The molecule has 1 aromatic heterocycles. The molecule has 0 atom stereocenters. The van der Waals surface area contributed by atoms with E-state index in [9.17, 15) is 9.59 Å². The monoisotopic (exact) mass is 256 g/mol. The van der Waals surface area contributed by atoms with Crippen molar-refractivity contribution < 1.29 is 4.79 Å². The Labute approximate surface area is 100 Å². The molecule has 6 heteroatoms. The van der Waals surface area contributed by atoms with Crippen LogP contribution in [0.15, 0.2) is 23.0 Å². The third kappa shape index (κ3) is 1.81.